The van der Waals surface area contributed by atoms with Gasteiger partial charge in [0, 0.05) is 44.6 Å². The molecule has 3 heterocycles. The third-order valence-corrected chi connectivity index (χ3v) is 8.02. The van der Waals surface area contributed by atoms with Gasteiger partial charge in [0.25, 0.3) is 0 Å². The lowest BCUT2D eigenvalue weighted by molar-refractivity contribution is 0.151. The molecule has 1 aromatic heterocycles. The first-order valence-electron chi connectivity index (χ1n) is 10.3. The van der Waals surface area contributed by atoms with E-state index in [9.17, 15) is 13.7 Å². The van der Waals surface area contributed by atoms with E-state index in [0.717, 1.165) is 18.7 Å². The zero-order valence-corrected chi connectivity index (χ0v) is 17.3. The Kier molecular flexibility index (Phi) is 4.93. The maximum absolute atomic E-state index is 13.1. The maximum Gasteiger partial charge on any atom is 0.244 e. The summed E-state index contributed by atoms with van der Waals surface area (Å²) in [5.41, 5.74) is 1.21. The average molecular weight is 426 g/mol. The molecule has 3 aliphatic rings. The molecule has 1 aromatic carbocycles. The van der Waals surface area contributed by atoms with Crippen LogP contribution in [0.3, 0.4) is 0 Å². The van der Waals surface area contributed by atoms with Gasteiger partial charge < -0.3 is 4.74 Å². The van der Waals surface area contributed by atoms with Crippen molar-refractivity contribution >= 4 is 10.0 Å². The summed E-state index contributed by atoms with van der Waals surface area (Å²) in [6, 6.07) is 8.45. The van der Waals surface area contributed by atoms with E-state index in [4.69, 9.17) is 4.74 Å². The normalized spacial score (nSPS) is 24.9. The molecule has 0 unspecified atom stereocenters. The molecular formula is C21H23N5O3S. The smallest absolute Gasteiger partial charge is 0.244 e. The van der Waals surface area contributed by atoms with Crippen molar-refractivity contribution in [2.24, 2.45) is 0 Å². The average Bonchev–Trinajstić information content (AvgIpc) is 3.53. The van der Waals surface area contributed by atoms with Crippen molar-refractivity contribution in [2.75, 3.05) is 26.2 Å². The largest absolute Gasteiger partial charge is 0.472 e. The number of fused-ring (bicyclic) bond motifs is 1. The second-order valence-corrected chi connectivity index (χ2v) is 10.1. The number of ether oxygens (including phenoxy) is 1. The Balaban J connectivity index is 1.25. The summed E-state index contributed by atoms with van der Waals surface area (Å²) in [4.78, 5) is 11.2. The van der Waals surface area contributed by atoms with Crippen molar-refractivity contribution < 1.29 is 13.2 Å². The highest BCUT2D eigenvalue weighted by atomic mass is 32.2. The van der Waals surface area contributed by atoms with Gasteiger partial charge in [-0.1, -0.05) is 12.1 Å². The summed E-state index contributed by atoms with van der Waals surface area (Å²) in [6.07, 6.45) is 6.57. The zero-order chi connectivity index (χ0) is 20.7. The number of rotatable bonds is 5. The van der Waals surface area contributed by atoms with E-state index in [1.165, 1.54) is 29.3 Å². The van der Waals surface area contributed by atoms with Crippen molar-refractivity contribution in [2.45, 2.75) is 42.2 Å². The van der Waals surface area contributed by atoms with E-state index in [-0.39, 0.29) is 22.6 Å². The molecule has 30 heavy (non-hydrogen) atoms. The van der Waals surface area contributed by atoms with Gasteiger partial charge in [0.05, 0.1) is 28.5 Å². The van der Waals surface area contributed by atoms with Crippen LogP contribution in [0.1, 0.15) is 36.4 Å². The van der Waals surface area contributed by atoms with Gasteiger partial charge in [0.15, 0.2) is 0 Å². The van der Waals surface area contributed by atoms with Crippen LogP contribution >= 0.6 is 0 Å². The van der Waals surface area contributed by atoms with E-state index in [1.54, 1.807) is 24.5 Å². The number of aromatic nitrogens is 2. The lowest BCUT2D eigenvalue weighted by Gasteiger charge is -2.36. The molecule has 0 amide bonds. The molecule has 1 aliphatic carbocycles. The first-order valence-corrected chi connectivity index (χ1v) is 11.7. The van der Waals surface area contributed by atoms with Crippen LogP contribution in [0, 0.1) is 11.3 Å². The molecule has 8 nitrogen and oxygen atoms in total. The maximum atomic E-state index is 13.1. The molecular weight excluding hydrogens is 402 g/mol. The van der Waals surface area contributed by atoms with Gasteiger partial charge in [0.2, 0.25) is 15.9 Å². The zero-order valence-electron chi connectivity index (χ0n) is 16.5. The Morgan fingerprint density at radius 2 is 1.93 bits per heavy atom. The molecule has 2 aliphatic heterocycles. The molecule has 9 heteroatoms. The topological polar surface area (TPSA) is 99.4 Å². The second-order valence-electron chi connectivity index (χ2n) is 8.15. The molecule has 156 valence electrons. The second kappa shape index (κ2) is 7.61. The van der Waals surface area contributed by atoms with Crippen molar-refractivity contribution in [3.8, 4) is 11.9 Å². The molecule has 0 N–H and O–H groups in total. The minimum atomic E-state index is -3.71. The Bertz CT molecular complexity index is 1080. The highest BCUT2D eigenvalue weighted by molar-refractivity contribution is 7.89. The fourth-order valence-corrected chi connectivity index (χ4v) is 5.95. The quantitative estimate of drug-likeness (QED) is 0.719. The predicted octanol–water partition coefficient (Wildman–Crippen LogP) is 1.75. The van der Waals surface area contributed by atoms with Gasteiger partial charge in [-0.3, -0.25) is 9.88 Å². The van der Waals surface area contributed by atoms with Gasteiger partial charge >= 0.3 is 0 Å². The number of benzene rings is 1. The summed E-state index contributed by atoms with van der Waals surface area (Å²) in [5.74, 6) is 1.09. The summed E-state index contributed by atoms with van der Waals surface area (Å²) >= 11 is 0. The molecule has 2 atom stereocenters. The first-order chi connectivity index (χ1) is 14.5. The number of nitrogens with zero attached hydrogens (tertiary/aromatic N) is 5. The van der Waals surface area contributed by atoms with Crippen LogP contribution in [0.25, 0.3) is 0 Å². The third-order valence-electron chi connectivity index (χ3n) is 6.10. The van der Waals surface area contributed by atoms with Crippen molar-refractivity contribution in [1.82, 2.24) is 19.2 Å². The van der Waals surface area contributed by atoms with Gasteiger partial charge in [-0.2, -0.15) is 9.57 Å². The summed E-state index contributed by atoms with van der Waals surface area (Å²) in [7, 11) is -3.71. The summed E-state index contributed by atoms with van der Waals surface area (Å²) in [5, 5.41) is 9.29. The van der Waals surface area contributed by atoms with Crippen molar-refractivity contribution in [3.63, 3.8) is 0 Å². The molecule has 3 fully saturated rings. The van der Waals surface area contributed by atoms with Crippen LogP contribution in [0.5, 0.6) is 5.88 Å². The minimum absolute atomic E-state index is 0.0369. The third kappa shape index (κ3) is 3.67. The highest BCUT2D eigenvalue weighted by Gasteiger charge is 2.41. The fraction of sp³-hybridized carbons (Fsp3) is 0.476. The first kappa shape index (κ1) is 19.4. The molecule has 0 bridgehead atoms. The molecule has 1 saturated carbocycles. The van der Waals surface area contributed by atoms with Crippen LogP contribution in [-0.4, -0.2) is 65.9 Å². The lowest BCUT2D eigenvalue weighted by Crippen LogP contribution is -2.52. The molecule has 2 saturated heterocycles. The van der Waals surface area contributed by atoms with Gasteiger partial charge in [-0.25, -0.2) is 13.4 Å². The van der Waals surface area contributed by atoms with E-state index >= 15 is 0 Å². The number of piperazine rings is 1. The van der Waals surface area contributed by atoms with E-state index < -0.39 is 10.0 Å². The van der Waals surface area contributed by atoms with Crippen LogP contribution in [0.2, 0.25) is 0 Å². The van der Waals surface area contributed by atoms with Crippen molar-refractivity contribution in [3.05, 3.63) is 47.9 Å². The molecule has 0 radical (unpaired) electrons. The lowest BCUT2D eigenvalue weighted by atomic mass is 10.2. The molecule has 0 spiro atoms. The Hall–Kier alpha value is -2.54. The molecule has 5 rings (SSSR count). The van der Waals surface area contributed by atoms with E-state index in [0.29, 0.717) is 31.4 Å². The number of nitriles is 1. The fourth-order valence-electron chi connectivity index (χ4n) is 4.34. The number of sulfonamides is 1. The minimum Gasteiger partial charge on any atom is -0.472 e. The highest BCUT2D eigenvalue weighted by Crippen LogP contribution is 2.38. The Labute approximate surface area is 176 Å². The van der Waals surface area contributed by atoms with Crippen LogP contribution in [-0.2, 0) is 10.0 Å². The molecule has 2 aromatic rings. The monoisotopic (exact) mass is 425 g/mol. The van der Waals surface area contributed by atoms with Crippen LogP contribution < -0.4 is 4.74 Å². The van der Waals surface area contributed by atoms with Gasteiger partial charge in [-0.05, 0) is 25.0 Å². The van der Waals surface area contributed by atoms with Gasteiger partial charge in [0.1, 0.15) is 12.2 Å². The van der Waals surface area contributed by atoms with Crippen molar-refractivity contribution in [1.29, 1.82) is 5.26 Å². The Morgan fingerprint density at radius 3 is 2.67 bits per heavy atom. The standard InChI is InChI=1S/C21H23N5O3S/c22-10-16-3-1-2-4-20(16)30(27,28)26-8-7-25-14-18(9-17(25)13-26)29-21-12-23-19(11-24-21)15-5-6-15/h1-4,11-12,15,17-18H,5-9,13-14H2/t17-,18+/m0/s1. The summed E-state index contributed by atoms with van der Waals surface area (Å²) < 4.78 is 33.8. The van der Waals surface area contributed by atoms with E-state index in [1.807, 2.05) is 6.07 Å². The number of hydrogen-bond acceptors (Lipinski definition) is 7. The number of hydrogen-bond donors (Lipinski definition) is 0. The Morgan fingerprint density at radius 1 is 1.10 bits per heavy atom. The van der Waals surface area contributed by atoms with E-state index in [2.05, 4.69) is 14.9 Å². The van der Waals surface area contributed by atoms with Gasteiger partial charge in [-0.15, -0.1) is 0 Å². The van der Waals surface area contributed by atoms with Crippen LogP contribution in [0.4, 0.5) is 0 Å². The van der Waals surface area contributed by atoms with Crippen LogP contribution in [0.15, 0.2) is 41.6 Å². The summed E-state index contributed by atoms with van der Waals surface area (Å²) in [6.45, 7) is 2.19. The SMILES string of the molecule is N#Cc1ccccc1S(=O)(=O)N1CCN2C[C@H](Oc3cnc(C4CC4)cn3)C[C@H]2C1. The predicted molar refractivity (Wildman–Crippen MR) is 108 cm³/mol.